The van der Waals surface area contributed by atoms with Gasteiger partial charge in [-0.05, 0) is 32.8 Å². The van der Waals surface area contributed by atoms with Crippen molar-refractivity contribution in [1.29, 1.82) is 0 Å². The molecule has 3 aromatic rings. The number of hydrogen-bond donors (Lipinski definition) is 0. The smallest absolute Gasteiger partial charge is 0.417 e. The van der Waals surface area contributed by atoms with Gasteiger partial charge < -0.3 is 9.16 Å². The zero-order chi connectivity index (χ0) is 28.1. The van der Waals surface area contributed by atoms with E-state index in [1.54, 1.807) is 0 Å². The van der Waals surface area contributed by atoms with Crippen LogP contribution < -0.4 is 10.4 Å². The number of amides is 2. The van der Waals surface area contributed by atoms with Crippen molar-refractivity contribution in [2.75, 3.05) is 13.2 Å². The fraction of sp³-hybridized carbons (Fsp3) is 0.333. The van der Waals surface area contributed by atoms with E-state index in [2.05, 4.69) is 75.9 Å². The minimum absolute atomic E-state index is 0.138. The number of carbonyl (C=O) groups excluding carboxylic acids is 2. The Morgan fingerprint density at radius 1 is 0.949 bits per heavy atom. The lowest BCUT2D eigenvalue weighted by Gasteiger charge is -2.43. The van der Waals surface area contributed by atoms with Crippen molar-refractivity contribution in [2.24, 2.45) is 5.41 Å². The Morgan fingerprint density at radius 3 is 1.95 bits per heavy atom. The summed E-state index contributed by atoms with van der Waals surface area (Å²) >= 11 is 0. The lowest BCUT2D eigenvalue weighted by atomic mass is 9.83. The van der Waals surface area contributed by atoms with Crippen molar-refractivity contribution in [2.45, 2.75) is 51.6 Å². The second-order valence-corrected chi connectivity index (χ2v) is 15.9. The Hall–Kier alpha value is -3.48. The van der Waals surface area contributed by atoms with E-state index < -0.39 is 25.9 Å². The van der Waals surface area contributed by atoms with Crippen LogP contribution in [0, 0.1) is 5.41 Å². The van der Waals surface area contributed by atoms with Gasteiger partial charge in [0.2, 0.25) is 5.91 Å². The van der Waals surface area contributed by atoms with Gasteiger partial charge in [0.25, 0.3) is 8.32 Å². The minimum atomic E-state index is -2.70. The van der Waals surface area contributed by atoms with Crippen LogP contribution >= 0.6 is 0 Å². The van der Waals surface area contributed by atoms with Crippen LogP contribution in [0.1, 0.15) is 52.1 Å². The molecule has 4 rings (SSSR count). The summed E-state index contributed by atoms with van der Waals surface area (Å²) in [6, 6.07) is 30.1. The van der Waals surface area contributed by atoms with Crippen molar-refractivity contribution in [3.05, 3.63) is 109 Å². The second-order valence-electron chi connectivity index (χ2n) is 11.6. The summed E-state index contributed by atoms with van der Waals surface area (Å²) in [6.07, 6.45) is 1.95. The molecule has 1 heterocycles. The van der Waals surface area contributed by atoms with Gasteiger partial charge in [0.15, 0.2) is 0 Å². The SMILES string of the molecule is C=C[C@@](C)(CCO[Si](c1ccccc1)(c1ccccc1)C(C)(C)C)CC(=O)N1C(=O)OC[C@@H]1c1ccccc1. The third kappa shape index (κ3) is 5.92. The molecule has 0 aromatic heterocycles. The summed E-state index contributed by atoms with van der Waals surface area (Å²) in [4.78, 5) is 27.4. The van der Waals surface area contributed by atoms with Gasteiger partial charge in [-0.1, -0.05) is 125 Å². The van der Waals surface area contributed by atoms with Gasteiger partial charge in [0.1, 0.15) is 12.6 Å². The van der Waals surface area contributed by atoms with Crippen LogP contribution in [-0.4, -0.2) is 38.4 Å². The summed E-state index contributed by atoms with van der Waals surface area (Å²) in [7, 11) is -2.70. The maximum atomic E-state index is 13.5. The zero-order valence-electron chi connectivity index (χ0n) is 23.4. The predicted molar refractivity (Wildman–Crippen MR) is 158 cm³/mol. The van der Waals surface area contributed by atoms with Crippen LogP contribution in [-0.2, 0) is 14.0 Å². The number of ether oxygens (including phenoxy) is 1. The number of nitrogens with zero attached hydrogens (tertiary/aromatic N) is 1. The molecule has 2 atom stereocenters. The molecule has 39 heavy (non-hydrogen) atoms. The highest BCUT2D eigenvalue weighted by molar-refractivity contribution is 6.99. The fourth-order valence-corrected chi connectivity index (χ4v) is 10.1. The normalized spacial score (nSPS) is 17.4. The average Bonchev–Trinajstić information content (AvgIpc) is 3.33. The maximum Gasteiger partial charge on any atom is 0.417 e. The molecule has 1 aliphatic heterocycles. The first-order valence-corrected chi connectivity index (χ1v) is 15.4. The van der Waals surface area contributed by atoms with Crippen LogP contribution in [0.15, 0.2) is 104 Å². The highest BCUT2D eigenvalue weighted by Crippen LogP contribution is 2.38. The lowest BCUT2D eigenvalue weighted by Crippen LogP contribution is -2.66. The second kappa shape index (κ2) is 11.7. The molecule has 5 nitrogen and oxygen atoms in total. The Balaban J connectivity index is 1.56. The number of imide groups is 1. The van der Waals surface area contributed by atoms with Crippen molar-refractivity contribution in [3.8, 4) is 0 Å². The summed E-state index contributed by atoms with van der Waals surface area (Å²) in [5.74, 6) is -0.265. The molecule has 0 N–H and O–H groups in total. The molecule has 0 unspecified atom stereocenters. The number of carbonyl (C=O) groups is 2. The van der Waals surface area contributed by atoms with Crippen LogP contribution in [0.5, 0.6) is 0 Å². The highest BCUT2D eigenvalue weighted by Gasteiger charge is 2.50. The molecular weight excluding hydrogens is 502 g/mol. The van der Waals surface area contributed by atoms with Crippen LogP contribution in [0.4, 0.5) is 4.79 Å². The van der Waals surface area contributed by atoms with Gasteiger partial charge in [-0.15, -0.1) is 6.58 Å². The molecule has 1 aliphatic rings. The first kappa shape index (κ1) is 28.5. The van der Waals surface area contributed by atoms with Crippen LogP contribution in [0.3, 0.4) is 0 Å². The van der Waals surface area contributed by atoms with Crippen molar-refractivity contribution >= 4 is 30.7 Å². The van der Waals surface area contributed by atoms with Crippen molar-refractivity contribution < 1.29 is 18.8 Å². The topological polar surface area (TPSA) is 55.8 Å². The third-order valence-electron chi connectivity index (χ3n) is 7.78. The van der Waals surface area contributed by atoms with E-state index in [1.165, 1.54) is 15.3 Å². The van der Waals surface area contributed by atoms with Gasteiger partial charge in [-0.2, -0.15) is 0 Å². The molecule has 0 saturated carbocycles. The lowest BCUT2D eigenvalue weighted by molar-refractivity contribution is -0.131. The highest BCUT2D eigenvalue weighted by atomic mass is 28.4. The molecular formula is C33H39NO4Si. The maximum absolute atomic E-state index is 13.5. The Labute approximate surface area is 233 Å². The summed E-state index contributed by atoms with van der Waals surface area (Å²) in [5, 5.41) is 2.29. The molecule has 204 valence electrons. The van der Waals surface area contributed by atoms with Crippen molar-refractivity contribution in [1.82, 2.24) is 4.90 Å². The molecule has 0 aliphatic carbocycles. The largest absolute Gasteiger partial charge is 0.446 e. The quantitative estimate of drug-likeness (QED) is 0.225. The Morgan fingerprint density at radius 2 is 1.46 bits per heavy atom. The molecule has 0 bridgehead atoms. The zero-order valence-corrected chi connectivity index (χ0v) is 24.4. The number of allylic oxidation sites excluding steroid dienone is 1. The van der Waals surface area contributed by atoms with Crippen molar-refractivity contribution in [3.63, 3.8) is 0 Å². The van der Waals surface area contributed by atoms with E-state index in [1.807, 2.05) is 55.5 Å². The van der Waals surface area contributed by atoms with E-state index in [4.69, 9.17) is 9.16 Å². The van der Waals surface area contributed by atoms with E-state index in [-0.39, 0.29) is 24.0 Å². The van der Waals surface area contributed by atoms with Gasteiger partial charge in [-0.3, -0.25) is 4.79 Å². The molecule has 1 fully saturated rings. The molecule has 1 saturated heterocycles. The van der Waals surface area contributed by atoms with E-state index in [9.17, 15) is 9.59 Å². The monoisotopic (exact) mass is 541 g/mol. The molecule has 0 spiro atoms. The van der Waals surface area contributed by atoms with Gasteiger partial charge in [0, 0.05) is 13.0 Å². The number of rotatable bonds is 10. The standard InChI is InChI=1S/C33H39NO4Si/c1-6-33(5,24-30(35)34-29(25-37-31(34)36)26-16-10-7-11-17-26)22-23-38-39(32(2,3)4,27-18-12-8-13-19-27)28-20-14-9-15-21-28/h6-21,29H,1,22-25H2,2-5H3/t29-,33+/m1/s1. The van der Waals surface area contributed by atoms with Crippen LogP contribution in [0.2, 0.25) is 5.04 Å². The van der Waals surface area contributed by atoms with Gasteiger partial charge in [-0.25, -0.2) is 9.69 Å². The Kier molecular flexibility index (Phi) is 8.57. The number of hydrogen-bond acceptors (Lipinski definition) is 4. The van der Waals surface area contributed by atoms with E-state index >= 15 is 0 Å². The van der Waals surface area contributed by atoms with Gasteiger partial charge >= 0.3 is 6.09 Å². The molecule has 2 amide bonds. The molecule has 3 aromatic carbocycles. The molecule has 6 heteroatoms. The number of benzene rings is 3. The van der Waals surface area contributed by atoms with Gasteiger partial charge in [0.05, 0.1) is 0 Å². The third-order valence-corrected chi connectivity index (χ3v) is 12.8. The van der Waals surface area contributed by atoms with E-state index in [0.717, 1.165) is 5.56 Å². The average molecular weight is 542 g/mol. The summed E-state index contributed by atoms with van der Waals surface area (Å²) in [5.41, 5.74) is 0.319. The Bertz CT molecular complexity index is 1230. The molecule has 0 radical (unpaired) electrons. The number of cyclic esters (lactones) is 1. The summed E-state index contributed by atoms with van der Waals surface area (Å²) < 4.78 is 12.3. The first-order chi connectivity index (χ1) is 18.6. The predicted octanol–water partition coefficient (Wildman–Crippen LogP) is 6.26. The first-order valence-electron chi connectivity index (χ1n) is 13.5. The van der Waals surface area contributed by atoms with E-state index in [0.29, 0.717) is 13.0 Å². The summed E-state index contributed by atoms with van der Waals surface area (Å²) in [6.45, 7) is 13.4. The van der Waals surface area contributed by atoms with Crippen LogP contribution in [0.25, 0.3) is 0 Å². The fourth-order valence-electron chi connectivity index (χ4n) is 5.51. The minimum Gasteiger partial charge on any atom is -0.446 e.